The lowest BCUT2D eigenvalue weighted by Crippen LogP contribution is -2.20. The van der Waals surface area contributed by atoms with E-state index in [0.29, 0.717) is 18.9 Å². The zero-order valence-electron chi connectivity index (χ0n) is 9.20. The Bertz CT molecular complexity index is 435. The van der Waals surface area contributed by atoms with Gasteiger partial charge in [-0.25, -0.2) is 9.97 Å². The molecule has 0 unspecified atom stereocenters. The molecule has 2 N–H and O–H groups in total. The molecule has 1 fully saturated rings. The molecule has 16 heavy (non-hydrogen) atoms. The van der Waals surface area contributed by atoms with Gasteiger partial charge in [-0.15, -0.1) is 0 Å². The van der Waals surface area contributed by atoms with Gasteiger partial charge in [0.1, 0.15) is 5.82 Å². The maximum absolute atomic E-state index is 11.8. The van der Waals surface area contributed by atoms with Gasteiger partial charge in [0, 0.05) is 18.9 Å². The Morgan fingerprint density at radius 1 is 1.25 bits per heavy atom. The number of nitrogens with zero attached hydrogens (tertiary/aromatic N) is 2. The number of ketones is 1. The van der Waals surface area contributed by atoms with Crippen LogP contribution < -0.4 is 5.73 Å². The van der Waals surface area contributed by atoms with Gasteiger partial charge in [-0.2, -0.15) is 0 Å². The monoisotopic (exact) mass is 217 g/mol. The molecule has 0 saturated heterocycles. The number of aryl methyl sites for hydroxylation is 1. The van der Waals surface area contributed by atoms with Crippen molar-refractivity contribution in [1.29, 1.82) is 0 Å². The maximum Gasteiger partial charge on any atom is 0.166 e. The molecule has 0 atom stereocenters. The molecule has 1 aromatic heterocycles. The van der Waals surface area contributed by atoms with E-state index in [0.717, 1.165) is 35.6 Å². The standard InChI is InChI=1S/C12H15N3O/c13-6-9-11-8(2-1-3-10(11)16)14-12(15-9)7-4-5-7/h7H,1-6,13H2. The predicted molar refractivity (Wildman–Crippen MR) is 59.2 cm³/mol. The van der Waals surface area contributed by atoms with Crippen molar-refractivity contribution < 1.29 is 4.79 Å². The Morgan fingerprint density at radius 3 is 2.75 bits per heavy atom. The number of carbonyl (C=O) groups excluding carboxylic acids is 1. The summed E-state index contributed by atoms with van der Waals surface area (Å²) in [4.78, 5) is 20.8. The molecule has 0 spiro atoms. The fourth-order valence-electron chi connectivity index (χ4n) is 2.30. The van der Waals surface area contributed by atoms with Crippen molar-refractivity contribution >= 4 is 5.78 Å². The van der Waals surface area contributed by atoms with Gasteiger partial charge in [-0.3, -0.25) is 4.79 Å². The minimum Gasteiger partial charge on any atom is -0.325 e. The number of fused-ring (bicyclic) bond motifs is 1. The number of carbonyl (C=O) groups is 1. The third kappa shape index (κ3) is 1.53. The first-order chi connectivity index (χ1) is 7.79. The van der Waals surface area contributed by atoms with Gasteiger partial charge in [-0.1, -0.05) is 0 Å². The van der Waals surface area contributed by atoms with Crippen LogP contribution in [0.15, 0.2) is 0 Å². The molecule has 4 nitrogen and oxygen atoms in total. The van der Waals surface area contributed by atoms with E-state index >= 15 is 0 Å². The van der Waals surface area contributed by atoms with E-state index in [9.17, 15) is 4.79 Å². The highest BCUT2D eigenvalue weighted by Gasteiger charge is 2.30. The molecule has 0 amide bonds. The molecule has 3 rings (SSSR count). The van der Waals surface area contributed by atoms with Crippen molar-refractivity contribution in [3.8, 4) is 0 Å². The first-order valence-electron chi connectivity index (χ1n) is 5.92. The van der Waals surface area contributed by atoms with Crippen molar-refractivity contribution in [3.63, 3.8) is 0 Å². The number of rotatable bonds is 2. The van der Waals surface area contributed by atoms with Crippen molar-refractivity contribution in [3.05, 3.63) is 22.8 Å². The first-order valence-corrected chi connectivity index (χ1v) is 5.92. The van der Waals surface area contributed by atoms with Crippen LogP contribution >= 0.6 is 0 Å². The maximum atomic E-state index is 11.8. The Kier molecular flexibility index (Phi) is 2.24. The summed E-state index contributed by atoms with van der Waals surface area (Å²) in [5.41, 5.74) is 8.10. The molecular weight excluding hydrogens is 202 g/mol. The molecule has 1 aromatic rings. The zero-order chi connectivity index (χ0) is 11.1. The highest BCUT2D eigenvalue weighted by Crippen LogP contribution is 2.39. The Balaban J connectivity index is 2.13. The summed E-state index contributed by atoms with van der Waals surface area (Å²) in [5.74, 6) is 1.60. The minimum atomic E-state index is 0.170. The molecule has 0 aromatic carbocycles. The van der Waals surface area contributed by atoms with Gasteiger partial charge >= 0.3 is 0 Å². The molecule has 2 aliphatic carbocycles. The average Bonchev–Trinajstić information content (AvgIpc) is 3.11. The highest BCUT2D eigenvalue weighted by atomic mass is 16.1. The third-order valence-electron chi connectivity index (χ3n) is 3.31. The Morgan fingerprint density at radius 2 is 2.06 bits per heavy atom. The lowest BCUT2D eigenvalue weighted by atomic mass is 9.93. The number of hydrogen-bond donors (Lipinski definition) is 1. The van der Waals surface area contributed by atoms with E-state index in [1.165, 1.54) is 12.8 Å². The van der Waals surface area contributed by atoms with Crippen molar-refractivity contribution in [2.45, 2.75) is 44.6 Å². The summed E-state index contributed by atoms with van der Waals surface area (Å²) < 4.78 is 0. The number of aromatic nitrogens is 2. The van der Waals surface area contributed by atoms with Crippen molar-refractivity contribution in [2.24, 2.45) is 5.73 Å². The normalized spacial score (nSPS) is 19.7. The second kappa shape index (κ2) is 3.63. The highest BCUT2D eigenvalue weighted by molar-refractivity contribution is 5.99. The SMILES string of the molecule is NCc1nc(C2CC2)nc2c1C(=O)CCC2. The van der Waals surface area contributed by atoms with Crippen molar-refractivity contribution in [2.75, 3.05) is 0 Å². The quantitative estimate of drug-likeness (QED) is 0.811. The van der Waals surface area contributed by atoms with Crippen LogP contribution in [-0.2, 0) is 13.0 Å². The largest absolute Gasteiger partial charge is 0.325 e. The van der Waals surface area contributed by atoms with E-state index in [1.54, 1.807) is 0 Å². The molecule has 2 aliphatic rings. The Hall–Kier alpha value is -1.29. The summed E-state index contributed by atoms with van der Waals surface area (Å²) >= 11 is 0. The summed E-state index contributed by atoms with van der Waals surface area (Å²) in [6, 6.07) is 0. The van der Waals surface area contributed by atoms with Crippen LogP contribution in [0.2, 0.25) is 0 Å². The second-order valence-electron chi connectivity index (χ2n) is 4.61. The van der Waals surface area contributed by atoms with E-state index < -0.39 is 0 Å². The molecule has 1 saturated carbocycles. The molecule has 0 radical (unpaired) electrons. The summed E-state index contributed by atoms with van der Waals surface area (Å²) in [7, 11) is 0. The van der Waals surface area contributed by atoms with E-state index in [-0.39, 0.29) is 5.78 Å². The minimum absolute atomic E-state index is 0.170. The van der Waals surface area contributed by atoms with E-state index in [2.05, 4.69) is 9.97 Å². The predicted octanol–water partition coefficient (Wildman–Crippen LogP) is 1.33. The van der Waals surface area contributed by atoms with Crippen LogP contribution in [0, 0.1) is 0 Å². The van der Waals surface area contributed by atoms with Crippen LogP contribution in [0.25, 0.3) is 0 Å². The van der Waals surface area contributed by atoms with Crippen LogP contribution in [0.3, 0.4) is 0 Å². The van der Waals surface area contributed by atoms with Gasteiger partial charge < -0.3 is 5.73 Å². The summed E-state index contributed by atoms with van der Waals surface area (Å²) in [5, 5.41) is 0. The van der Waals surface area contributed by atoms with Crippen LogP contribution in [-0.4, -0.2) is 15.8 Å². The summed E-state index contributed by atoms with van der Waals surface area (Å²) in [6.07, 6.45) is 4.78. The number of hydrogen-bond acceptors (Lipinski definition) is 4. The first kappa shape index (κ1) is 9.90. The van der Waals surface area contributed by atoms with E-state index in [4.69, 9.17) is 5.73 Å². The number of Topliss-reactive ketones (excluding diaryl/α,β-unsaturated/α-hetero) is 1. The topological polar surface area (TPSA) is 68.9 Å². The average molecular weight is 217 g/mol. The lowest BCUT2D eigenvalue weighted by Gasteiger charge is -2.17. The summed E-state index contributed by atoms with van der Waals surface area (Å²) in [6.45, 7) is 0.344. The smallest absolute Gasteiger partial charge is 0.166 e. The van der Waals surface area contributed by atoms with E-state index in [1.807, 2.05) is 0 Å². The lowest BCUT2D eigenvalue weighted by molar-refractivity contribution is 0.0970. The molecule has 4 heteroatoms. The fourth-order valence-corrected chi connectivity index (χ4v) is 2.30. The van der Waals surface area contributed by atoms with Gasteiger partial charge in [0.25, 0.3) is 0 Å². The Labute approximate surface area is 94.3 Å². The van der Waals surface area contributed by atoms with Crippen molar-refractivity contribution in [1.82, 2.24) is 9.97 Å². The third-order valence-corrected chi connectivity index (χ3v) is 3.31. The van der Waals surface area contributed by atoms with Crippen LogP contribution in [0.4, 0.5) is 0 Å². The fraction of sp³-hybridized carbons (Fsp3) is 0.583. The molecule has 1 heterocycles. The molecular formula is C12H15N3O. The van der Waals surface area contributed by atoms with Gasteiger partial charge in [0.2, 0.25) is 0 Å². The molecule has 0 bridgehead atoms. The van der Waals surface area contributed by atoms with Crippen LogP contribution in [0.1, 0.15) is 59.2 Å². The van der Waals surface area contributed by atoms with Crippen LogP contribution in [0.5, 0.6) is 0 Å². The van der Waals surface area contributed by atoms with Gasteiger partial charge in [0.15, 0.2) is 5.78 Å². The zero-order valence-corrected chi connectivity index (χ0v) is 9.20. The van der Waals surface area contributed by atoms with Gasteiger partial charge in [-0.05, 0) is 25.7 Å². The number of nitrogens with two attached hydrogens (primary N) is 1. The molecule has 0 aliphatic heterocycles. The molecule has 84 valence electrons. The second-order valence-corrected chi connectivity index (χ2v) is 4.61. The van der Waals surface area contributed by atoms with Gasteiger partial charge in [0.05, 0.1) is 17.0 Å².